The van der Waals surface area contributed by atoms with Gasteiger partial charge >= 0.3 is 0 Å². The minimum atomic E-state index is -0.254. The van der Waals surface area contributed by atoms with Crippen molar-refractivity contribution in [1.29, 1.82) is 0 Å². The predicted molar refractivity (Wildman–Crippen MR) is 58.3 cm³/mol. The van der Waals surface area contributed by atoms with E-state index in [-0.39, 0.29) is 6.10 Å². The molecule has 0 heterocycles. The van der Waals surface area contributed by atoms with Gasteiger partial charge in [0.15, 0.2) is 0 Å². The van der Waals surface area contributed by atoms with Crippen LogP contribution in [0.5, 0.6) is 0 Å². The zero-order valence-electron chi connectivity index (χ0n) is 8.32. The smallest absolute Gasteiger partial charge is 0.0643 e. The summed E-state index contributed by atoms with van der Waals surface area (Å²) >= 11 is 0. The monoisotopic (exact) mass is 188 g/mol. The fourth-order valence-electron chi connectivity index (χ4n) is 2.32. The Hall–Kier alpha value is -1.08. The number of aliphatic hydroxyl groups excluding tert-OH is 1. The summed E-state index contributed by atoms with van der Waals surface area (Å²) in [7, 11) is 0. The normalized spacial score (nSPS) is 21.6. The average Bonchev–Trinajstić information content (AvgIpc) is 2.61. The first kappa shape index (κ1) is 9.47. The van der Waals surface area contributed by atoms with E-state index in [1.165, 1.54) is 11.1 Å². The quantitative estimate of drug-likeness (QED) is 0.723. The van der Waals surface area contributed by atoms with Crippen molar-refractivity contribution in [3.63, 3.8) is 0 Å². The first-order valence-electron chi connectivity index (χ1n) is 5.19. The maximum absolute atomic E-state index is 9.92. The van der Waals surface area contributed by atoms with Crippen molar-refractivity contribution >= 4 is 0 Å². The molecule has 0 amide bonds. The van der Waals surface area contributed by atoms with Gasteiger partial charge in [0.1, 0.15) is 0 Å². The van der Waals surface area contributed by atoms with Gasteiger partial charge in [0.2, 0.25) is 0 Å². The molecule has 14 heavy (non-hydrogen) atoms. The van der Waals surface area contributed by atoms with Crippen molar-refractivity contribution < 1.29 is 5.11 Å². The highest BCUT2D eigenvalue weighted by atomic mass is 16.3. The Kier molecular flexibility index (Phi) is 2.69. The van der Waals surface area contributed by atoms with Gasteiger partial charge in [0.05, 0.1) is 6.10 Å². The molecule has 2 atom stereocenters. The van der Waals surface area contributed by atoms with Crippen LogP contribution in [0.15, 0.2) is 36.9 Å². The van der Waals surface area contributed by atoms with Crippen molar-refractivity contribution in [2.45, 2.75) is 31.3 Å². The standard InChI is InChI=1S/C13H16O/c1-2-5-13(14)12-9-8-10-6-3-4-7-11(10)12/h2-4,6-7,12-14H,1,5,8-9H2. The van der Waals surface area contributed by atoms with E-state index in [2.05, 4.69) is 30.8 Å². The molecule has 0 bridgehead atoms. The van der Waals surface area contributed by atoms with Gasteiger partial charge in [-0.1, -0.05) is 30.3 Å². The number of benzene rings is 1. The molecule has 2 rings (SSSR count). The topological polar surface area (TPSA) is 20.2 Å². The van der Waals surface area contributed by atoms with Crippen LogP contribution in [0.4, 0.5) is 0 Å². The summed E-state index contributed by atoms with van der Waals surface area (Å²) in [6.45, 7) is 3.67. The Labute approximate surface area is 85.1 Å². The highest BCUT2D eigenvalue weighted by Crippen LogP contribution is 2.36. The lowest BCUT2D eigenvalue weighted by atomic mass is 9.93. The molecule has 1 aliphatic rings. The van der Waals surface area contributed by atoms with Crippen molar-refractivity contribution in [3.8, 4) is 0 Å². The molecule has 0 aliphatic heterocycles. The number of rotatable bonds is 3. The number of aliphatic hydroxyl groups is 1. The first-order chi connectivity index (χ1) is 6.83. The third kappa shape index (κ3) is 1.60. The van der Waals surface area contributed by atoms with Gasteiger partial charge in [0.25, 0.3) is 0 Å². The molecule has 1 aromatic rings. The maximum Gasteiger partial charge on any atom is 0.0643 e. The van der Waals surface area contributed by atoms with E-state index in [9.17, 15) is 5.11 Å². The average molecular weight is 188 g/mol. The Bertz CT molecular complexity index is 330. The Morgan fingerprint density at radius 1 is 1.50 bits per heavy atom. The highest BCUT2D eigenvalue weighted by Gasteiger charge is 2.27. The lowest BCUT2D eigenvalue weighted by molar-refractivity contribution is 0.146. The molecule has 0 fully saturated rings. The molecule has 1 heteroatoms. The SMILES string of the molecule is C=CCC(O)C1CCc2ccccc21. The molecule has 1 N–H and O–H groups in total. The van der Waals surface area contributed by atoms with Crippen LogP contribution in [-0.4, -0.2) is 11.2 Å². The summed E-state index contributed by atoms with van der Waals surface area (Å²) in [5, 5.41) is 9.92. The molecule has 1 nitrogen and oxygen atoms in total. The molecule has 1 aliphatic carbocycles. The Balaban J connectivity index is 2.21. The van der Waals surface area contributed by atoms with E-state index in [1.54, 1.807) is 6.08 Å². The molecule has 1 aromatic carbocycles. The lowest BCUT2D eigenvalue weighted by Crippen LogP contribution is -2.15. The van der Waals surface area contributed by atoms with Crippen LogP contribution >= 0.6 is 0 Å². The van der Waals surface area contributed by atoms with Gasteiger partial charge in [-0.2, -0.15) is 0 Å². The van der Waals surface area contributed by atoms with Gasteiger partial charge < -0.3 is 5.11 Å². The second-order valence-electron chi connectivity index (χ2n) is 3.94. The van der Waals surface area contributed by atoms with E-state index in [0.29, 0.717) is 12.3 Å². The van der Waals surface area contributed by atoms with Crippen molar-refractivity contribution in [2.75, 3.05) is 0 Å². The van der Waals surface area contributed by atoms with Crippen LogP contribution in [0.25, 0.3) is 0 Å². The Morgan fingerprint density at radius 2 is 2.29 bits per heavy atom. The van der Waals surface area contributed by atoms with Crippen LogP contribution in [0.1, 0.15) is 29.9 Å². The van der Waals surface area contributed by atoms with Gasteiger partial charge in [0, 0.05) is 5.92 Å². The first-order valence-corrected chi connectivity index (χ1v) is 5.19. The third-order valence-corrected chi connectivity index (χ3v) is 3.05. The van der Waals surface area contributed by atoms with Gasteiger partial charge in [-0.3, -0.25) is 0 Å². The van der Waals surface area contributed by atoms with Crippen LogP contribution < -0.4 is 0 Å². The minimum Gasteiger partial charge on any atom is -0.392 e. The molecule has 0 spiro atoms. The number of aryl methyl sites for hydroxylation is 1. The van der Waals surface area contributed by atoms with Crippen LogP contribution in [0.3, 0.4) is 0 Å². The van der Waals surface area contributed by atoms with E-state index in [1.807, 2.05) is 0 Å². The summed E-state index contributed by atoms with van der Waals surface area (Å²) in [5.74, 6) is 0.323. The number of fused-ring (bicyclic) bond motifs is 1. The molecule has 0 aromatic heterocycles. The van der Waals surface area contributed by atoms with E-state index in [0.717, 1.165) is 12.8 Å². The zero-order valence-corrected chi connectivity index (χ0v) is 8.32. The maximum atomic E-state index is 9.92. The second kappa shape index (κ2) is 3.97. The van der Waals surface area contributed by atoms with Crippen molar-refractivity contribution in [2.24, 2.45) is 0 Å². The number of hydrogen-bond acceptors (Lipinski definition) is 1. The number of hydrogen-bond donors (Lipinski definition) is 1. The fraction of sp³-hybridized carbons (Fsp3) is 0.385. The third-order valence-electron chi connectivity index (χ3n) is 3.05. The van der Waals surface area contributed by atoms with Crippen molar-refractivity contribution in [1.82, 2.24) is 0 Å². The molecule has 0 saturated carbocycles. The molecular weight excluding hydrogens is 172 g/mol. The highest BCUT2D eigenvalue weighted by molar-refractivity contribution is 5.35. The molecule has 0 saturated heterocycles. The predicted octanol–water partition coefficient (Wildman–Crippen LogP) is 2.65. The summed E-state index contributed by atoms with van der Waals surface area (Å²) in [6, 6.07) is 8.42. The zero-order chi connectivity index (χ0) is 9.97. The molecule has 2 unspecified atom stereocenters. The van der Waals surface area contributed by atoms with Gasteiger partial charge in [-0.05, 0) is 30.4 Å². The largest absolute Gasteiger partial charge is 0.392 e. The van der Waals surface area contributed by atoms with Crippen LogP contribution in [0.2, 0.25) is 0 Å². The fourth-order valence-corrected chi connectivity index (χ4v) is 2.32. The van der Waals surface area contributed by atoms with E-state index >= 15 is 0 Å². The summed E-state index contributed by atoms with van der Waals surface area (Å²) < 4.78 is 0. The summed E-state index contributed by atoms with van der Waals surface area (Å²) in [4.78, 5) is 0. The lowest BCUT2D eigenvalue weighted by Gasteiger charge is -2.17. The summed E-state index contributed by atoms with van der Waals surface area (Å²) in [6.07, 6.45) is 4.42. The van der Waals surface area contributed by atoms with Gasteiger partial charge in [-0.15, -0.1) is 6.58 Å². The molecular formula is C13H16O. The second-order valence-corrected chi connectivity index (χ2v) is 3.94. The van der Waals surface area contributed by atoms with E-state index in [4.69, 9.17) is 0 Å². The summed E-state index contributed by atoms with van der Waals surface area (Å²) in [5.41, 5.74) is 2.74. The van der Waals surface area contributed by atoms with Crippen molar-refractivity contribution in [3.05, 3.63) is 48.0 Å². The van der Waals surface area contributed by atoms with Crippen LogP contribution in [-0.2, 0) is 6.42 Å². The minimum absolute atomic E-state index is 0.254. The molecule has 0 radical (unpaired) electrons. The van der Waals surface area contributed by atoms with Crippen LogP contribution in [0, 0.1) is 0 Å². The Morgan fingerprint density at radius 3 is 3.07 bits per heavy atom. The van der Waals surface area contributed by atoms with Gasteiger partial charge in [-0.25, -0.2) is 0 Å². The van der Waals surface area contributed by atoms with E-state index < -0.39 is 0 Å². The molecule has 74 valence electrons.